The molecule has 9 heteroatoms. The normalized spacial score (nSPS) is 21.5. The molecule has 1 unspecified atom stereocenters. The molecule has 5 nitrogen and oxygen atoms in total. The Morgan fingerprint density at radius 3 is 2.75 bits per heavy atom. The topological polar surface area (TPSA) is 61.4 Å². The van der Waals surface area contributed by atoms with Gasteiger partial charge in [0, 0.05) is 37.3 Å². The Morgan fingerprint density at radius 2 is 2.17 bits per heavy atom. The SMILES string of the molecule is CN(Cc1c(F)cccc1Cl)S(=O)(=O)NCC1(C)CCCNC1.Cl. The monoisotopic (exact) mass is 399 g/mol. The van der Waals surface area contributed by atoms with Crippen LogP contribution in [-0.4, -0.2) is 39.4 Å². The number of nitrogens with one attached hydrogen (secondary N) is 2. The summed E-state index contributed by atoms with van der Waals surface area (Å²) in [5, 5.41) is 3.50. The van der Waals surface area contributed by atoms with Crippen molar-refractivity contribution in [1.82, 2.24) is 14.3 Å². The molecule has 1 aromatic rings. The molecule has 0 aromatic heterocycles. The molecule has 0 saturated carbocycles. The standard InChI is InChI=1S/C15H23ClFN3O2S.ClH/c1-15(7-4-8-18-10-15)11-19-23(21,22)20(2)9-12-13(16)5-3-6-14(12)17;/h3,5-6,18-19H,4,7-11H2,1-2H3;1H. The summed E-state index contributed by atoms with van der Waals surface area (Å²) in [7, 11) is -2.29. The average molecular weight is 400 g/mol. The van der Waals surface area contributed by atoms with E-state index in [-0.39, 0.29) is 35.0 Å². The lowest BCUT2D eigenvalue weighted by atomic mass is 9.83. The highest BCUT2D eigenvalue weighted by Crippen LogP contribution is 2.25. The summed E-state index contributed by atoms with van der Waals surface area (Å²) in [6.07, 6.45) is 1.99. The Labute approximate surface area is 154 Å². The number of hydrogen-bond donors (Lipinski definition) is 2. The highest BCUT2D eigenvalue weighted by Gasteiger charge is 2.29. The van der Waals surface area contributed by atoms with Gasteiger partial charge in [0.15, 0.2) is 0 Å². The quantitative estimate of drug-likeness (QED) is 0.772. The average Bonchev–Trinajstić information content (AvgIpc) is 2.50. The first-order valence-corrected chi connectivity index (χ1v) is 9.40. The van der Waals surface area contributed by atoms with Gasteiger partial charge in [-0.1, -0.05) is 24.6 Å². The van der Waals surface area contributed by atoms with Crippen LogP contribution in [0.5, 0.6) is 0 Å². The summed E-state index contributed by atoms with van der Waals surface area (Å²) >= 11 is 5.95. The van der Waals surface area contributed by atoms with Gasteiger partial charge in [0.25, 0.3) is 10.2 Å². The molecule has 1 aliphatic rings. The molecule has 0 spiro atoms. The minimum atomic E-state index is -3.70. The van der Waals surface area contributed by atoms with Crippen molar-refractivity contribution in [3.8, 4) is 0 Å². The third-order valence-electron chi connectivity index (χ3n) is 4.22. The van der Waals surface area contributed by atoms with E-state index in [0.29, 0.717) is 6.54 Å². The van der Waals surface area contributed by atoms with Crippen LogP contribution in [0.4, 0.5) is 4.39 Å². The fraction of sp³-hybridized carbons (Fsp3) is 0.600. The van der Waals surface area contributed by atoms with Crippen LogP contribution in [0.1, 0.15) is 25.3 Å². The minimum absolute atomic E-state index is 0. The maximum absolute atomic E-state index is 13.8. The molecule has 0 amide bonds. The molecular weight excluding hydrogens is 376 g/mol. The van der Waals surface area contributed by atoms with E-state index >= 15 is 0 Å². The van der Waals surface area contributed by atoms with E-state index in [1.807, 2.05) is 0 Å². The summed E-state index contributed by atoms with van der Waals surface area (Å²) in [5.41, 5.74) is 0.0644. The predicted molar refractivity (Wildman–Crippen MR) is 97.3 cm³/mol. The maximum Gasteiger partial charge on any atom is 0.279 e. The van der Waals surface area contributed by atoms with Crippen LogP contribution in [0, 0.1) is 11.2 Å². The van der Waals surface area contributed by atoms with E-state index in [0.717, 1.165) is 30.2 Å². The zero-order valence-electron chi connectivity index (χ0n) is 13.8. The second-order valence-corrected chi connectivity index (χ2v) is 8.64. The van der Waals surface area contributed by atoms with E-state index in [1.165, 1.54) is 19.2 Å². The van der Waals surface area contributed by atoms with Crippen LogP contribution in [0.25, 0.3) is 0 Å². The van der Waals surface area contributed by atoms with Crippen LogP contribution in [-0.2, 0) is 16.8 Å². The third-order valence-corrected chi connectivity index (χ3v) is 6.03. The fourth-order valence-corrected chi connectivity index (χ4v) is 3.91. The third kappa shape index (κ3) is 5.54. The molecule has 2 rings (SSSR count). The second kappa shape index (κ2) is 8.78. The van der Waals surface area contributed by atoms with E-state index in [9.17, 15) is 12.8 Å². The molecule has 0 aliphatic carbocycles. The van der Waals surface area contributed by atoms with Gasteiger partial charge in [-0.15, -0.1) is 12.4 Å². The minimum Gasteiger partial charge on any atom is -0.316 e. The zero-order valence-corrected chi connectivity index (χ0v) is 16.2. The van der Waals surface area contributed by atoms with Gasteiger partial charge < -0.3 is 5.32 Å². The molecule has 0 bridgehead atoms. The zero-order chi connectivity index (χ0) is 17.1. The van der Waals surface area contributed by atoms with Gasteiger partial charge in [0.2, 0.25) is 0 Å². The molecule has 2 N–H and O–H groups in total. The van der Waals surface area contributed by atoms with Crippen LogP contribution >= 0.6 is 24.0 Å². The lowest BCUT2D eigenvalue weighted by Gasteiger charge is -2.34. The van der Waals surface area contributed by atoms with Crippen LogP contribution in [0.15, 0.2) is 18.2 Å². The van der Waals surface area contributed by atoms with Gasteiger partial charge in [-0.3, -0.25) is 0 Å². The molecule has 0 radical (unpaired) electrons. The summed E-state index contributed by atoms with van der Waals surface area (Å²) in [6.45, 7) is 4.02. The fourth-order valence-electron chi connectivity index (χ4n) is 2.64. The first kappa shape index (κ1) is 21.6. The van der Waals surface area contributed by atoms with E-state index in [4.69, 9.17) is 11.6 Å². The lowest BCUT2D eigenvalue weighted by Crippen LogP contribution is -2.48. The van der Waals surface area contributed by atoms with Gasteiger partial charge in [0.05, 0.1) is 0 Å². The smallest absolute Gasteiger partial charge is 0.279 e. The van der Waals surface area contributed by atoms with Crippen LogP contribution in [0.2, 0.25) is 5.02 Å². The molecule has 1 atom stereocenters. The van der Waals surface area contributed by atoms with Crippen molar-refractivity contribution >= 4 is 34.2 Å². The summed E-state index contributed by atoms with van der Waals surface area (Å²) < 4.78 is 42.2. The summed E-state index contributed by atoms with van der Waals surface area (Å²) in [5.74, 6) is -0.511. The van der Waals surface area contributed by atoms with Gasteiger partial charge in [-0.25, -0.2) is 9.11 Å². The Kier molecular flexibility index (Phi) is 7.90. The second-order valence-electron chi connectivity index (χ2n) is 6.37. The predicted octanol–water partition coefficient (Wildman–Crippen LogP) is 2.56. The molecule has 1 heterocycles. The van der Waals surface area contributed by atoms with Gasteiger partial charge >= 0.3 is 0 Å². The van der Waals surface area contributed by atoms with Crippen molar-refractivity contribution in [2.75, 3.05) is 26.7 Å². The van der Waals surface area contributed by atoms with E-state index in [1.54, 1.807) is 6.07 Å². The largest absolute Gasteiger partial charge is 0.316 e. The van der Waals surface area contributed by atoms with Gasteiger partial charge in [0.1, 0.15) is 5.82 Å². The summed E-state index contributed by atoms with van der Waals surface area (Å²) in [6, 6.07) is 4.30. The molecule has 138 valence electrons. The number of piperidine rings is 1. The van der Waals surface area contributed by atoms with Crippen LogP contribution in [0.3, 0.4) is 0 Å². The Balaban J connectivity index is 0.00000288. The highest BCUT2D eigenvalue weighted by atomic mass is 35.5. The molecular formula is C15H24Cl2FN3O2S. The number of rotatable bonds is 6. The molecule has 1 aromatic carbocycles. The highest BCUT2D eigenvalue weighted by molar-refractivity contribution is 7.87. The number of hydrogen-bond acceptors (Lipinski definition) is 3. The van der Waals surface area contributed by atoms with Gasteiger partial charge in [-0.2, -0.15) is 12.7 Å². The van der Waals surface area contributed by atoms with Crippen LogP contribution < -0.4 is 10.0 Å². The Hall–Kier alpha value is -0.440. The number of nitrogens with zero attached hydrogens (tertiary/aromatic N) is 1. The molecule has 24 heavy (non-hydrogen) atoms. The van der Waals surface area contributed by atoms with Crippen molar-refractivity contribution < 1.29 is 12.8 Å². The number of halogens is 3. The van der Waals surface area contributed by atoms with E-state index < -0.39 is 16.0 Å². The summed E-state index contributed by atoms with van der Waals surface area (Å²) in [4.78, 5) is 0. The number of benzene rings is 1. The molecule has 1 aliphatic heterocycles. The first-order chi connectivity index (χ1) is 10.7. The lowest BCUT2D eigenvalue weighted by molar-refractivity contribution is 0.237. The molecule has 1 fully saturated rings. The van der Waals surface area contributed by atoms with Crippen molar-refractivity contribution in [3.63, 3.8) is 0 Å². The maximum atomic E-state index is 13.8. The van der Waals surface area contributed by atoms with Crippen molar-refractivity contribution in [1.29, 1.82) is 0 Å². The Bertz CT molecular complexity index is 632. The van der Waals surface area contributed by atoms with Gasteiger partial charge in [-0.05, 0) is 36.9 Å². The van der Waals surface area contributed by atoms with Crippen molar-refractivity contribution in [3.05, 3.63) is 34.6 Å². The molecule has 1 saturated heterocycles. The van der Waals surface area contributed by atoms with E-state index in [2.05, 4.69) is 17.0 Å². The Morgan fingerprint density at radius 1 is 1.46 bits per heavy atom. The van der Waals surface area contributed by atoms with Crippen molar-refractivity contribution in [2.24, 2.45) is 5.41 Å². The first-order valence-electron chi connectivity index (χ1n) is 7.58. The van der Waals surface area contributed by atoms with Crippen molar-refractivity contribution in [2.45, 2.75) is 26.3 Å².